The fraction of sp³-hybridized carbons (Fsp3) is 0.100. The molecular weight excluding hydrogens is 277 g/mol. The van der Waals surface area contributed by atoms with Crippen LogP contribution in [0.5, 0.6) is 0 Å². The van der Waals surface area contributed by atoms with Gasteiger partial charge in [0.2, 0.25) is 5.90 Å². The Morgan fingerprint density at radius 1 is 1.31 bits per heavy atom. The molecule has 3 heteroatoms. The second-order valence-electron chi connectivity index (χ2n) is 2.66. The fourth-order valence-electron chi connectivity index (χ4n) is 1.13. The van der Waals surface area contributed by atoms with Crippen molar-refractivity contribution in [3.8, 4) is 0 Å². The zero-order chi connectivity index (χ0) is 9.10. The molecule has 0 unspecified atom stereocenters. The van der Waals surface area contributed by atoms with Crippen molar-refractivity contribution in [3.05, 3.63) is 45.7 Å². The summed E-state index contributed by atoms with van der Waals surface area (Å²) in [6.07, 6.45) is 0. The van der Waals surface area contributed by atoms with Crippen molar-refractivity contribution in [2.45, 2.75) is 0 Å². The number of ether oxygens (including phenoxy) is 1. The summed E-state index contributed by atoms with van der Waals surface area (Å²) in [7, 11) is 0. The molecule has 0 fully saturated rings. The van der Waals surface area contributed by atoms with Gasteiger partial charge < -0.3 is 4.74 Å². The van der Waals surface area contributed by atoms with E-state index in [1.165, 1.54) is 0 Å². The third-order valence-electron chi connectivity index (χ3n) is 1.75. The van der Waals surface area contributed by atoms with Crippen molar-refractivity contribution >= 4 is 28.5 Å². The molecule has 1 heterocycles. The van der Waals surface area contributed by atoms with E-state index in [1.54, 1.807) is 0 Å². The van der Waals surface area contributed by atoms with Gasteiger partial charge in [-0.25, -0.2) is 4.99 Å². The van der Waals surface area contributed by atoms with Gasteiger partial charge in [-0.15, -0.1) is 0 Å². The largest absolute Gasteiger partial charge is 0.441 e. The Kier molecular flexibility index (Phi) is 2.63. The highest BCUT2D eigenvalue weighted by Crippen LogP contribution is 2.15. The second-order valence-corrected chi connectivity index (χ2v) is 3.29. The molecule has 0 aliphatic carbocycles. The van der Waals surface area contributed by atoms with Gasteiger partial charge in [0.25, 0.3) is 0 Å². The molecule has 0 saturated heterocycles. The predicted octanol–water partition coefficient (Wildman–Crippen LogP) is 2.74. The van der Waals surface area contributed by atoms with Crippen molar-refractivity contribution in [2.24, 2.45) is 4.99 Å². The molecule has 0 saturated carbocycles. The van der Waals surface area contributed by atoms with E-state index in [0.717, 1.165) is 17.2 Å². The van der Waals surface area contributed by atoms with Crippen LogP contribution in [-0.2, 0) is 4.74 Å². The SMILES string of the molecule is IC=C1CN=C(c2ccccc2)O1. The Bertz CT molecular complexity index is 356. The monoisotopic (exact) mass is 285 g/mol. The Morgan fingerprint density at radius 3 is 2.69 bits per heavy atom. The lowest BCUT2D eigenvalue weighted by atomic mass is 10.2. The van der Waals surface area contributed by atoms with E-state index in [4.69, 9.17) is 4.74 Å². The molecule has 0 amide bonds. The summed E-state index contributed by atoms with van der Waals surface area (Å²) >= 11 is 2.16. The van der Waals surface area contributed by atoms with E-state index in [2.05, 4.69) is 27.6 Å². The topological polar surface area (TPSA) is 21.6 Å². The lowest BCUT2D eigenvalue weighted by Crippen LogP contribution is -1.98. The standard InChI is InChI=1S/C10H8INO/c11-6-9-7-12-10(13-9)8-4-2-1-3-5-8/h1-6H,7H2. The van der Waals surface area contributed by atoms with Crippen LogP contribution in [0.15, 0.2) is 45.2 Å². The number of nitrogens with zero attached hydrogens (tertiary/aromatic N) is 1. The number of rotatable bonds is 1. The van der Waals surface area contributed by atoms with Crippen molar-refractivity contribution in [1.29, 1.82) is 0 Å². The average Bonchev–Trinajstić information content (AvgIpc) is 2.67. The highest BCUT2D eigenvalue weighted by Gasteiger charge is 2.13. The van der Waals surface area contributed by atoms with E-state index in [-0.39, 0.29) is 0 Å². The Balaban J connectivity index is 2.22. The van der Waals surface area contributed by atoms with Crippen LogP contribution < -0.4 is 0 Å². The summed E-state index contributed by atoms with van der Waals surface area (Å²) < 4.78 is 7.41. The summed E-state index contributed by atoms with van der Waals surface area (Å²) in [4.78, 5) is 4.28. The van der Waals surface area contributed by atoms with Crippen molar-refractivity contribution in [1.82, 2.24) is 0 Å². The minimum atomic E-state index is 0.660. The van der Waals surface area contributed by atoms with Crippen molar-refractivity contribution in [3.63, 3.8) is 0 Å². The van der Waals surface area contributed by atoms with Crippen LogP contribution in [0.25, 0.3) is 0 Å². The first-order valence-corrected chi connectivity index (χ1v) is 5.21. The maximum atomic E-state index is 5.50. The number of hydrogen-bond acceptors (Lipinski definition) is 2. The summed E-state index contributed by atoms with van der Waals surface area (Å²) in [6, 6.07) is 9.93. The maximum absolute atomic E-state index is 5.50. The summed E-state index contributed by atoms with van der Waals surface area (Å²) in [6.45, 7) is 0.660. The van der Waals surface area contributed by atoms with E-state index >= 15 is 0 Å². The quantitative estimate of drug-likeness (QED) is 0.727. The van der Waals surface area contributed by atoms with E-state index in [0.29, 0.717) is 6.54 Å². The van der Waals surface area contributed by atoms with E-state index in [1.807, 2.05) is 34.4 Å². The second kappa shape index (κ2) is 3.91. The molecule has 0 bridgehead atoms. The average molecular weight is 285 g/mol. The molecule has 0 spiro atoms. The van der Waals surface area contributed by atoms with Gasteiger partial charge in [-0.2, -0.15) is 0 Å². The highest BCUT2D eigenvalue weighted by atomic mass is 127. The van der Waals surface area contributed by atoms with Gasteiger partial charge in [0.15, 0.2) is 0 Å². The molecule has 1 aromatic carbocycles. The van der Waals surface area contributed by atoms with E-state index < -0.39 is 0 Å². The van der Waals surface area contributed by atoms with Gasteiger partial charge in [-0.1, -0.05) is 18.2 Å². The normalized spacial score (nSPS) is 18.5. The van der Waals surface area contributed by atoms with Gasteiger partial charge in [0.05, 0.1) is 0 Å². The van der Waals surface area contributed by atoms with Crippen LogP contribution in [0.1, 0.15) is 5.56 Å². The smallest absolute Gasteiger partial charge is 0.222 e. The number of benzene rings is 1. The van der Waals surface area contributed by atoms with Gasteiger partial charge in [-0.05, 0) is 34.7 Å². The Morgan fingerprint density at radius 2 is 2.08 bits per heavy atom. The Hall–Kier alpha value is -0.840. The predicted molar refractivity (Wildman–Crippen MR) is 61.0 cm³/mol. The van der Waals surface area contributed by atoms with Crippen LogP contribution >= 0.6 is 22.6 Å². The van der Waals surface area contributed by atoms with E-state index in [9.17, 15) is 0 Å². The molecule has 1 aromatic rings. The summed E-state index contributed by atoms with van der Waals surface area (Å²) in [5.41, 5.74) is 1.04. The molecule has 1 aliphatic heterocycles. The van der Waals surface area contributed by atoms with Crippen LogP contribution in [0, 0.1) is 0 Å². The molecule has 13 heavy (non-hydrogen) atoms. The summed E-state index contributed by atoms with van der Waals surface area (Å²) in [5, 5.41) is 0. The van der Waals surface area contributed by atoms with Gasteiger partial charge in [0, 0.05) is 9.65 Å². The molecular formula is C10H8INO. The number of aliphatic imine (C=N–C) groups is 1. The first-order chi connectivity index (χ1) is 6.40. The maximum Gasteiger partial charge on any atom is 0.222 e. The molecule has 66 valence electrons. The first kappa shape index (κ1) is 8.74. The molecule has 2 rings (SSSR count). The zero-order valence-corrected chi connectivity index (χ0v) is 9.06. The third-order valence-corrected chi connectivity index (χ3v) is 2.44. The van der Waals surface area contributed by atoms with Gasteiger partial charge >= 0.3 is 0 Å². The molecule has 2 nitrogen and oxygen atoms in total. The first-order valence-electron chi connectivity index (χ1n) is 3.97. The minimum absolute atomic E-state index is 0.660. The molecule has 1 aliphatic rings. The van der Waals surface area contributed by atoms with Crippen LogP contribution in [0.3, 0.4) is 0 Å². The third kappa shape index (κ3) is 1.91. The summed E-state index contributed by atoms with van der Waals surface area (Å²) in [5.74, 6) is 1.64. The number of halogens is 1. The lowest BCUT2D eigenvalue weighted by molar-refractivity contribution is 0.442. The molecule has 0 aromatic heterocycles. The Labute approximate surface area is 90.5 Å². The fourth-order valence-corrected chi connectivity index (χ4v) is 1.45. The zero-order valence-electron chi connectivity index (χ0n) is 6.90. The van der Waals surface area contributed by atoms with Gasteiger partial charge in [-0.3, -0.25) is 0 Å². The van der Waals surface area contributed by atoms with Crippen molar-refractivity contribution < 1.29 is 4.74 Å². The lowest BCUT2D eigenvalue weighted by Gasteiger charge is -2.00. The minimum Gasteiger partial charge on any atom is -0.441 e. The van der Waals surface area contributed by atoms with Crippen LogP contribution in [0.2, 0.25) is 0 Å². The van der Waals surface area contributed by atoms with Crippen LogP contribution in [0.4, 0.5) is 0 Å². The number of hydrogen-bond donors (Lipinski definition) is 0. The van der Waals surface area contributed by atoms with Crippen LogP contribution in [-0.4, -0.2) is 12.4 Å². The van der Waals surface area contributed by atoms with Crippen molar-refractivity contribution in [2.75, 3.05) is 6.54 Å². The highest BCUT2D eigenvalue weighted by molar-refractivity contribution is 14.1. The molecule has 0 N–H and O–H groups in total. The molecule has 0 atom stereocenters. The van der Waals surface area contributed by atoms with Gasteiger partial charge in [0.1, 0.15) is 12.3 Å². The molecule has 0 radical (unpaired) electrons.